The number of carbonyl (C=O) groups is 2. The number of aromatic nitrogens is 1. The van der Waals surface area contributed by atoms with Crippen LogP contribution in [0.15, 0.2) is 24.5 Å². The predicted octanol–water partition coefficient (Wildman–Crippen LogP) is 1.67. The van der Waals surface area contributed by atoms with E-state index in [2.05, 4.69) is 29.0 Å². The van der Waals surface area contributed by atoms with Gasteiger partial charge >= 0.3 is 0 Å². The molecule has 2 fully saturated rings. The Morgan fingerprint density at radius 3 is 2.72 bits per heavy atom. The smallest absolute Gasteiger partial charge is 0.222 e. The average molecular weight is 344 g/mol. The van der Waals surface area contributed by atoms with Gasteiger partial charge in [-0.05, 0) is 24.5 Å². The van der Waals surface area contributed by atoms with Crippen LogP contribution in [0.4, 0.5) is 5.69 Å². The molecule has 25 heavy (non-hydrogen) atoms. The van der Waals surface area contributed by atoms with E-state index in [1.54, 1.807) is 17.3 Å². The third kappa shape index (κ3) is 4.30. The van der Waals surface area contributed by atoms with E-state index < -0.39 is 0 Å². The van der Waals surface area contributed by atoms with Gasteiger partial charge in [0, 0.05) is 63.0 Å². The van der Waals surface area contributed by atoms with E-state index in [0.717, 1.165) is 31.7 Å². The first-order valence-electron chi connectivity index (χ1n) is 9.26. The van der Waals surface area contributed by atoms with Crippen molar-refractivity contribution >= 4 is 17.5 Å². The van der Waals surface area contributed by atoms with Crippen LogP contribution >= 0.6 is 0 Å². The number of pyridine rings is 1. The number of carbonyl (C=O) groups excluding carboxylic acids is 2. The standard InChI is InChI=1S/C19H28N4O2/c1-14(2)16-12-23(15-5-8-20-9-6-15)13-17(16)21-18(24)7-11-22-10-3-4-19(22)25/h5-6,8-9,14,16-17H,3-4,7,10-13H2,1-2H3,(H,21,24)/t16-,17+/m1/s1. The van der Waals surface area contributed by atoms with Crippen molar-refractivity contribution in [1.29, 1.82) is 0 Å². The number of hydrogen-bond donors (Lipinski definition) is 1. The van der Waals surface area contributed by atoms with Gasteiger partial charge in [0.1, 0.15) is 0 Å². The summed E-state index contributed by atoms with van der Waals surface area (Å²) in [4.78, 5) is 32.3. The lowest BCUT2D eigenvalue weighted by molar-refractivity contribution is -0.128. The number of rotatable bonds is 6. The van der Waals surface area contributed by atoms with E-state index in [4.69, 9.17) is 0 Å². The molecule has 3 heterocycles. The van der Waals surface area contributed by atoms with Gasteiger partial charge in [-0.25, -0.2) is 0 Å². The molecular formula is C19H28N4O2. The highest BCUT2D eigenvalue weighted by Crippen LogP contribution is 2.28. The summed E-state index contributed by atoms with van der Waals surface area (Å²) < 4.78 is 0. The van der Waals surface area contributed by atoms with Crippen molar-refractivity contribution in [3.05, 3.63) is 24.5 Å². The molecule has 0 unspecified atom stereocenters. The van der Waals surface area contributed by atoms with Gasteiger partial charge in [-0.15, -0.1) is 0 Å². The van der Waals surface area contributed by atoms with Gasteiger partial charge in [-0.1, -0.05) is 13.8 Å². The average Bonchev–Trinajstić information content (AvgIpc) is 3.20. The molecule has 2 saturated heterocycles. The fourth-order valence-corrected chi connectivity index (χ4v) is 3.88. The Morgan fingerprint density at radius 1 is 1.32 bits per heavy atom. The quantitative estimate of drug-likeness (QED) is 0.853. The summed E-state index contributed by atoms with van der Waals surface area (Å²) in [6.07, 6.45) is 5.54. The van der Waals surface area contributed by atoms with Gasteiger partial charge in [0.15, 0.2) is 0 Å². The number of hydrogen-bond acceptors (Lipinski definition) is 4. The first-order chi connectivity index (χ1) is 12.0. The Balaban J connectivity index is 1.56. The summed E-state index contributed by atoms with van der Waals surface area (Å²) >= 11 is 0. The van der Waals surface area contributed by atoms with E-state index in [-0.39, 0.29) is 17.9 Å². The molecule has 6 heteroatoms. The van der Waals surface area contributed by atoms with Crippen molar-refractivity contribution in [2.75, 3.05) is 31.1 Å². The molecule has 0 saturated carbocycles. The molecule has 0 spiro atoms. The van der Waals surface area contributed by atoms with E-state index in [0.29, 0.717) is 31.2 Å². The molecule has 6 nitrogen and oxygen atoms in total. The number of nitrogens with zero attached hydrogens (tertiary/aromatic N) is 3. The summed E-state index contributed by atoms with van der Waals surface area (Å²) in [6.45, 7) is 7.52. The third-order valence-electron chi connectivity index (χ3n) is 5.38. The van der Waals surface area contributed by atoms with Crippen LogP contribution in [0.5, 0.6) is 0 Å². The Kier molecular flexibility index (Phi) is 5.56. The minimum absolute atomic E-state index is 0.0481. The fraction of sp³-hybridized carbons (Fsp3) is 0.632. The monoisotopic (exact) mass is 344 g/mol. The lowest BCUT2D eigenvalue weighted by Gasteiger charge is -2.23. The molecule has 1 N–H and O–H groups in total. The van der Waals surface area contributed by atoms with Gasteiger partial charge in [-0.3, -0.25) is 14.6 Å². The second-order valence-corrected chi connectivity index (χ2v) is 7.43. The maximum Gasteiger partial charge on any atom is 0.222 e. The molecule has 0 aliphatic carbocycles. The van der Waals surface area contributed by atoms with Crippen LogP contribution in [0.2, 0.25) is 0 Å². The minimum Gasteiger partial charge on any atom is -0.369 e. The minimum atomic E-state index is 0.0481. The first-order valence-corrected chi connectivity index (χ1v) is 9.26. The lowest BCUT2D eigenvalue weighted by Crippen LogP contribution is -2.43. The highest BCUT2D eigenvalue weighted by atomic mass is 16.2. The second kappa shape index (κ2) is 7.85. The molecule has 2 aliphatic heterocycles. The van der Waals surface area contributed by atoms with E-state index >= 15 is 0 Å². The van der Waals surface area contributed by atoms with Crippen molar-refractivity contribution < 1.29 is 9.59 Å². The number of nitrogens with one attached hydrogen (secondary N) is 1. The zero-order chi connectivity index (χ0) is 17.8. The van der Waals surface area contributed by atoms with Crippen molar-refractivity contribution in [1.82, 2.24) is 15.2 Å². The van der Waals surface area contributed by atoms with E-state index in [9.17, 15) is 9.59 Å². The molecule has 2 amide bonds. The normalized spacial score (nSPS) is 23.6. The maximum absolute atomic E-state index is 12.4. The van der Waals surface area contributed by atoms with Crippen molar-refractivity contribution in [2.24, 2.45) is 11.8 Å². The summed E-state index contributed by atoms with van der Waals surface area (Å²) in [7, 11) is 0. The van der Waals surface area contributed by atoms with Crippen LogP contribution in [0.1, 0.15) is 33.1 Å². The van der Waals surface area contributed by atoms with Crippen molar-refractivity contribution in [2.45, 2.75) is 39.2 Å². The van der Waals surface area contributed by atoms with Crippen LogP contribution in [0, 0.1) is 11.8 Å². The fourth-order valence-electron chi connectivity index (χ4n) is 3.88. The number of likely N-dealkylation sites (tertiary alicyclic amines) is 1. The van der Waals surface area contributed by atoms with E-state index in [1.807, 2.05) is 12.1 Å². The predicted molar refractivity (Wildman–Crippen MR) is 97.1 cm³/mol. The Hall–Kier alpha value is -2.11. The van der Waals surface area contributed by atoms with Crippen LogP contribution in [-0.4, -0.2) is 53.9 Å². The van der Waals surface area contributed by atoms with E-state index in [1.165, 1.54) is 0 Å². The Labute approximate surface area is 149 Å². The second-order valence-electron chi connectivity index (χ2n) is 7.43. The van der Waals surface area contributed by atoms with Gasteiger partial charge in [-0.2, -0.15) is 0 Å². The zero-order valence-electron chi connectivity index (χ0n) is 15.1. The zero-order valence-corrected chi connectivity index (χ0v) is 15.1. The summed E-state index contributed by atoms with van der Waals surface area (Å²) in [5.41, 5.74) is 1.15. The summed E-state index contributed by atoms with van der Waals surface area (Å²) in [6, 6.07) is 4.18. The molecule has 0 radical (unpaired) electrons. The molecule has 1 aromatic heterocycles. The third-order valence-corrected chi connectivity index (χ3v) is 5.38. The van der Waals surface area contributed by atoms with Crippen LogP contribution in [0.25, 0.3) is 0 Å². The molecule has 2 atom stereocenters. The van der Waals surface area contributed by atoms with Crippen molar-refractivity contribution in [3.8, 4) is 0 Å². The SMILES string of the molecule is CC(C)[C@H]1CN(c2ccncc2)C[C@@H]1NC(=O)CCN1CCCC1=O. The molecule has 1 aromatic rings. The van der Waals surface area contributed by atoms with Gasteiger partial charge in [0.05, 0.1) is 6.04 Å². The van der Waals surface area contributed by atoms with Crippen LogP contribution in [-0.2, 0) is 9.59 Å². The van der Waals surface area contributed by atoms with Gasteiger partial charge < -0.3 is 15.1 Å². The Morgan fingerprint density at radius 2 is 2.08 bits per heavy atom. The molecule has 136 valence electrons. The molecule has 0 bridgehead atoms. The van der Waals surface area contributed by atoms with Gasteiger partial charge in [0.2, 0.25) is 11.8 Å². The largest absolute Gasteiger partial charge is 0.369 e. The number of amides is 2. The number of anilines is 1. The highest BCUT2D eigenvalue weighted by Gasteiger charge is 2.35. The van der Waals surface area contributed by atoms with Crippen LogP contribution < -0.4 is 10.2 Å². The summed E-state index contributed by atoms with van der Waals surface area (Å²) in [5, 5.41) is 3.21. The Bertz CT molecular complexity index is 605. The topological polar surface area (TPSA) is 65.5 Å². The molecule has 3 rings (SSSR count). The maximum atomic E-state index is 12.4. The lowest BCUT2D eigenvalue weighted by atomic mass is 9.91. The molecular weight excluding hydrogens is 316 g/mol. The summed E-state index contributed by atoms with van der Waals surface area (Å²) in [5.74, 6) is 1.15. The van der Waals surface area contributed by atoms with Gasteiger partial charge in [0.25, 0.3) is 0 Å². The first kappa shape index (κ1) is 17.7. The van der Waals surface area contributed by atoms with Crippen LogP contribution in [0.3, 0.4) is 0 Å². The molecule has 2 aliphatic rings. The molecule has 0 aromatic carbocycles. The van der Waals surface area contributed by atoms with Crippen molar-refractivity contribution in [3.63, 3.8) is 0 Å². The highest BCUT2D eigenvalue weighted by molar-refractivity contribution is 5.80.